The van der Waals surface area contributed by atoms with Gasteiger partial charge >= 0.3 is 0 Å². The van der Waals surface area contributed by atoms with E-state index in [9.17, 15) is 5.11 Å². The topological polar surface area (TPSA) is 99.1 Å². The van der Waals surface area contributed by atoms with Gasteiger partial charge in [-0.1, -0.05) is 12.1 Å². The molecule has 7 nitrogen and oxygen atoms in total. The number of nitrogens with two attached hydrogens (primary N) is 1. The second-order valence-corrected chi connectivity index (χ2v) is 7.73. The molecule has 0 amide bonds. The van der Waals surface area contributed by atoms with Gasteiger partial charge in [0.25, 0.3) is 0 Å². The van der Waals surface area contributed by atoms with Gasteiger partial charge in [-0.2, -0.15) is 0 Å². The molecule has 0 fully saturated rings. The van der Waals surface area contributed by atoms with Crippen LogP contribution in [0.1, 0.15) is 26.6 Å². The third kappa shape index (κ3) is 3.79. The van der Waals surface area contributed by atoms with Gasteiger partial charge in [0.05, 0.1) is 23.2 Å². The van der Waals surface area contributed by atoms with Gasteiger partial charge in [-0.25, -0.2) is 9.97 Å². The zero-order chi connectivity index (χ0) is 20.6. The third-order valence-electron chi connectivity index (χ3n) is 4.76. The van der Waals surface area contributed by atoms with Crippen LogP contribution >= 0.6 is 0 Å². The number of pyridine rings is 2. The van der Waals surface area contributed by atoms with Gasteiger partial charge in [0, 0.05) is 30.0 Å². The molecule has 3 heterocycles. The highest BCUT2D eigenvalue weighted by molar-refractivity contribution is 6.07. The molecule has 0 aliphatic carbocycles. The Hall–Kier alpha value is -3.03. The van der Waals surface area contributed by atoms with Crippen molar-refractivity contribution in [3.63, 3.8) is 0 Å². The first kappa shape index (κ1) is 19.3. The van der Waals surface area contributed by atoms with Crippen LogP contribution in [0.2, 0.25) is 0 Å². The Morgan fingerprint density at radius 1 is 1.17 bits per heavy atom. The lowest BCUT2D eigenvalue weighted by Gasteiger charge is -2.20. The predicted octanol–water partition coefficient (Wildman–Crippen LogP) is 3.54. The van der Waals surface area contributed by atoms with E-state index in [0.29, 0.717) is 31.1 Å². The van der Waals surface area contributed by atoms with Crippen molar-refractivity contribution in [3.05, 3.63) is 48.5 Å². The van der Waals surface area contributed by atoms with Crippen LogP contribution in [0.15, 0.2) is 42.7 Å². The molecule has 0 spiro atoms. The summed E-state index contributed by atoms with van der Waals surface area (Å²) in [6.07, 6.45) is 3.58. The molecule has 0 unspecified atom stereocenters. The second-order valence-electron chi connectivity index (χ2n) is 7.73. The molecule has 0 saturated carbocycles. The first-order valence-corrected chi connectivity index (χ1v) is 9.66. The molecule has 150 valence electrons. The minimum Gasteiger partial charge on any atom is -0.389 e. The molecular formula is C22H25N5O2. The second kappa shape index (κ2) is 7.42. The Morgan fingerprint density at radius 2 is 2.00 bits per heavy atom. The maximum Gasteiger partial charge on any atom is 0.152 e. The molecule has 7 heteroatoms. The predicted molar refractivity (Wildman–Crippen MR) is 114 cm³/mol. The summed E-state index contributed by atoms with van der Waals surface area (Å²) < 4.78 is 7.61. The summed E-state index contributed by atoms with van der Waals surface area (Å²) in [7, 11) is 0. The van der Waals surface area contributed by atoms with Crippen LogP contribution in [0.5, 0.6) is 0 Å². The first-order chi connectivity index (χ1) is 13.9. The van der Waals surface area contributed by atoms with Crippen molar-refractivity contribution in [1.29, 1.82) is 0 Å². The standard InChI is InChI=1S/C22H25N5O2/c1-4-29-12-18-26-19-20(27(18)13-22(2,3)28)16-10-14(15-6-5-9-24-11-15)7-8-17(16)25-21(19)23/h5-11,28H,4,12-13H2,1-3H3,(H2,23,25). The minimum absolute atomic E-state index is 0.338. The number of nitrogens with zero attached hydrogens (tertiary/aromatic N) is 4. The molecule has 0 saturated heterocycles. The smallest absolute Gasteiger partial charge is 0.152 e. The highest BCUT2D eigenvalue weighted by Gasteiger charge is 2.22. The number of rotatable bonds is 6. The summed E-state index contributed by atoms with van der Waals surface area (Å²) in [5.74, 6) is 1.09. The molecule has 0 atom stereocenters. The van der Waals surface area contributed by atoms with Crippen molar-refractivity contribution in [1.82, 2.24) is 19.5 Å². The third-order valence-corrected chi connectivity index (χ3v) is 4.76. The lowest BCUT2D eigenvalue weighted by Crippen LogP contribution is -2.27. The van der Waals surface area contributed by atoms with E-state index in [1.807, 2.05) is 42.0 Å². The SMILES string of the molecule is CCOCc1nc2c(N)nc3ccc(-c4cccnc4)cc3c2n1CC(C)(C)O. The van der Waals surface area contributed by atoms with E-state index < -0.39 is 5.60 Å². The number of imidazole rings is 1. The number of hydrogen-bond acceptors (Lipinski definition) is 6. The number of hydrogen-bond donors (Lipinski definition) is 2. The van der Waals surface area contributed by atoms with Crippen LogP contribution in [0.25, 0.3) is 33.1 Å². The van der Waals surface area contributed by atoms with E-state index in [1.54, 1.807) is 20.0 Å². The fourth-order valence-corrected chi connectivity index (χ4v) is 3.53. The van der Waals surface area contributed by atoms with E-state index in [2.05, 4.69) is 16.0 Å². The van der Waals surface area contributed by atoms with Crippen molar-refractivity contribution in [2.75, 3.05) is 12.3 Å². The highest BCUT2D eigenvalue weighted by atomic mass is 16.5. The number of anilines is 1. The van der Waals surface area contributed by atoms with Crippen LogP contribution in [-0.4, -0.2) is 36.8 Å². The number of benzene rings is 1. The van der Waals surface area contributed by atoms with Gasteiger partial charge in [0.1, 0.15) is 17.9 Å². The maximum absolute atomic E-state index is 10.5. The molecule has 4 aromatic rings. The first-order valence-electron chi connectivity index (χ1n) is 9.66. The van der Waals surface area contributed by atoms with Crippen LogP contribution in [0.3, 0.4) is 0 Å². The van der Waals surface area contributed by atoms with Crippen molar-refractivity contribution >= 4 is 27.8 Å². The number of aliphatic hydroxyl groups is 1. The number of nitrogen functional groups attached to an aromatic ring is 1. The van der Waals surface area contributed by atoms with Gasteiger partial charge < -0.3 is 20.1 Å². The van der Waals surface area contributed by atoms with Gasteiger partial charge in [-0.15, -0.1) is 0 Å². The lowest BCUT2D eigenvalue weighted by molar-refractivity contribution is 0.0582. The van der Waals surface area contributed by atoms with E-state index in [4.69, 9.17) is 15.5 Å². The van der Waals surface area contributed by atoms with Crippen molar-refractivity contribution in [2.24, 2.45) is 0 Å². The summed E-state index contributed by atoms with van der Waals surface area (Å²) in [4.78, 5) is 13.5. The summed E-state index contributed by atoms with van der Waals surface area (Å²) in [5.41, 5.74) is 9.62. The molecule has 3 N–H and O–H groups in total. The molecule has 1 aromatic carbocycles. The Kier molecular flexibility index (Phi) is 4.94. The number of aromatic nitrogens is 4. The Labute approximate surface area is 169 Å². The number of fused-ring (bicyclic) bond motifs is 3. The maximum atomic E-state index is 10.5. The molecule has 4 rings (SSSR count). The zero-order valence-electron chi connectivity index (χ0n) is 16.9. The number of ether oxygens (including phenoxy) is 1. The lowest BCUT2D eigenvalue weighted by atomic mass is 10.0. The summed E-state index contributed by atoms with van der Waals surface area (Å²) >= 11 is 0. The average Bonchev–Trinajstić information content (AvgIpc) is 3.04. The van der Waals surface area contributed by atoms with E-state index in [0.717, 1.165) is 33.4 Å². The fourth-order valence-electron chi connectivity index (χ4n) is 3.53. The van der Waals surface area contributed by atoms with Crippen LogP contribution in [0, 0.1) is 0 Å². The van der Waals surface area contributed by atoms with E-state index in [-0.39, 0.29) is 0 Å². The van der Waals surface area contributed by atoms with Crippen molar-refractivity contribution in [2.45, 2.75) is 39.5 Å². The Bertz CT molecular complexity index is 1160. The van der Waals surface area contributed by atoms with Gasteiger partial charge in [-0.3, -0.25) is 4.98 Å². The molecule has 0 aliphatic rings. The monoisotopic (exact) mass is 391 g/mol. The molecule has 3 aromatic heterocycles. The van der Waals surface area contributed by atoms with E-state index in [1.165, 1.54) is 0 Å². The fraction of sp³-hybridized carbons (Fsp3) is 0.318. The summed E-state index contributed by atoms with van der Waals surface area (Å²) in [6, 6.07) is 9.97. The average molecular weight is 391 g/mol. The molecule has 0 radical (unpaired) electrons. The molecular weight excluding hydrogens is 366 g/mol. The quantitative estimate of drug-likeness (QED) is 0.522. The molecule has 0 aliphatic heterocycles. The van der Waals surface area contributed by atoms with Gasteiger partial charge in [-0.05, 0) is 44.5 Å². The van der Waals surface area contributed by atoms with E-state index >= 15 is 0 Å². The largest absolute Gasteiger partial charge is 0.389 e. The zero-order valence-corrected chi connectivity index (χ0v) is 16.9. The van der Waals surface area contributed by atoms with Gasteiger partial charge in [0.2, 0.25) is 0 Å². The van der Waals surface area contributed by atoms with Crippen LogP contribution in [-0.2, 0) is 17.9 Å². The molecule has 29 heavy (non-hydrogen) atoms. The minimum atomic E-state index is -0.931. The Morgan fingerprint density at radius 3 is 2.69 bits per heavy atom. The van der Waals surface area contributed by atoms with Crippen LogP contribution < -0.4 is 5.73 Å². The molecule has 0 bridgehead atoms. The van der Waals surface area contributed by atoms with Crippen molar-refractivity contribution in [3.8, 4) is 11.1 Å². The Balaban J connectivity index is 2.02. The van der Waals surface area contributed by atoms with Crippen molar-refractivity contribution < 1.29 is 9.84 Å². The van der Waals surface area contributed by atoms with Crippen LogP contribution in [0.4, 0.5) is 5.82 Å². The highest BCUT2D eigenvalue weighted by Crippen LogP contribution is 2.33. The summed E-state index contributed by atoms with van der Waals surface area (Å²) in [5, 5.41) is 11.5. The summed E-state index contributed by atoms with van der Waals surface area (Å²) in [6.45, 7) is 6.76. The normalized spacial score (nSPS) is 12.1. The van der Waals surface area contributed by atoms with Gasteiger partial charge in [0.15, 0.2) is 5.82 Å².